The number of thiazole rings is 1. The second-order valence-electron chi connectivity index (χ2n) is 7.35. The van der Waals surface area contributed by atoms with Gasteiger partial charge in [-0.3, -0.25) is 4.99 Å². The maximum absolute atomic E-state index is 6.28. The van der Waals surface area contributed by atoms with E-state index >= 15 is 0 Å². The number of rotatable bonds is 8. The largest absolute Gasteiger partial charge is 0.497 e. The number of aromatic nitrogens is 1. The van der Waals surface area contributed by atoms with Crippen molar-refractivity contribution in [1.82, 2.24) is 15.6 Å². The van der Waals surface area contributed by atoms with Crippen LogP contribution >= 0.6 is 35.3 Å². The molecule has 2 aromatic rings. The van der Waals surface area contributed by atoms with E-state index in [1.54, 1.807) is 25.5 Å². The Morgan fingerprint density at radius 3 is 2.63 bits per heavy atom. The van der Waals surface area contributed by atoms with Crippen molar-refractivity contribution in [2.75, 3.05) is 20.7 Å². The summed E-state index contributed by atoms with van der Waals surface area (Å²) >= 11 is 1.76. The van der Waals surface area contributed by atoms with Gasteiger partial charge in [0.15, 0.2) is 5.96 Å². The second kappa shape index (κ2) is 12.3. The van der Waals surface area contributed by atoms with Gasteiger partial charge in [0.1, 0.15) is 11.5 Å². The quantitative estimate of drug-likeness (QED) is 0.289. The molecule has 6 nitrogen and oxygen atoms in total. The van der Waals surface area contributed by atoms with Crippen LogP contribution in [0.25, 0.3) is 0 Å². The molecule has 1 saturated carbocycles. The summed E-state index contributed by atoms with van der Waals surface area (Å²) in [4.78, 5) is 10.2. The molecule has 0 radical (unpaired) electrons. The van der Waals surface area contributed by atoms with E-state index in [9.17, 15) is 0 Å². The van der Waals surface area contributed by atoms with Crippen LogP contribution in [0.3, 0.4) is 0 Å². The minimum Gasteiger partial charge on any atom is -0.497 e. The maximum Gasteiger partial charge on any atom is 0.191 e. The van der Waals surface area contributed by atoms with Crippen LogP contribution < -0.4 is 20.1 Å². The van der Waals surface area contributed by atoms with E-state index in [1.807, 2.05) is 12.1 Å². The smallest absolute Gasteiger partial charge is 0.191 e. The molecule has 1 aromatic carbocycles. The molecule has 0 spiro atoms. The molecule has 2 N–H and O–H groups in total. The molecule has 1 aliphatic carbocycles. The summed E-state index contributed by atoms with van der Waals surface area (Å²) in [5.74, 6) is 2.49. The highest BCUT2D eigenvalue weighted by atomic mass is 127. The fourth-order valence-electron chi connectivity index (χ4n) is 3.44. The minimum absolute atomic E-state index is 0. The lowest BCUT2D eigenvalue weighted by Gasteiger charge is -2.18. The molecule has 0 atom stereocenters. The van der Waals surface area contributed by atoms with Crippen LogP contribution in [0.2, 0.25) is 0 Å². The summed E-state index contributed by atoms with van der Waals surface area (Å²) in [6, 6.07) is 6.02. The zero-order valence-corrected chi connectivity index (χ0v) is 21.4. The number of halogens is 1. The molecule has 1 aliphatic rings. The van der Waals surface area contributed by atoms with Crippen LogP contribution in [0.15, 0.2) is 23.2 Å². The Kier molecular flexibility index (Phi) is 10.2. The Labute approximate surface area is 200 Å². The van der Waals surface area contributed by atoms with E-state index in [1.165, 1.54) is 17.7 Å². The first-order valence-corrected chi connectivity index (χ1v) is 11.1. The number of nitrogens with one attached hydrogen (secondary N) is 2. The number of benzene rings is 1. The maximum atomic E-state index is 6.28. The van der Waals surface area contributed by atoms with Gasteiger partial charge in [-0.1, -0.05) is 0 Å². The first kappa shape index (κ1) is 24.7. The highest BCUT2D eigenvalue weighted by molar-refractivity contribution is 14.0. The van der Waals surface area contributed by atoms with Crippen molar-refractivity contribution >= 4 is 41.3 Å². The Bertz CT molecular complexity index is 815. The molecular formula is C22H33IN4O2S. The van der Waals surface area contributed by atoms with E-state index in [-0.39, 0.29) is 24.0 Å². The first-order valence-electron chi connectivity index (χ1n) is 10.3. The number of nitrogens with zero attached hydrogens (tertiary/aromatic N) is 2. The molecule has 1 fully saturated rings. The summed E-state index contributed by atoms with van der Waals surface area (Å²) in [7, 11) is 3.47. The average molecular weight is 545 g/mol. The zero-order valence-electron chi connectivity index (χ0n) is 18.3. The van der Waals surface area contributed by atoms with Gasteiger partial charge in [0.25, 0.3) is 0 Å². The summed E-state index contributed by atoms with van der Waals surface area (Å²) in [6.07, 6.45) is 5.95. The summed E-state index contributed by atoms with van der Waals surface area (Å²) in [5, 5.41) is 7.92. The van der Waals surface area contributed by atoms with E-state index in [0.717, 1.165) is 59.5 Å². The van der Waals surface area contributed by atoms with Gasteiger partial charge in [-0.2, -0.15) is 0 Å². The van der Waals surface area contributed by atoms with Gasteiger partial charge >= 0.3 is 0 Å². The molecule has 1 aromatic heterocycles. The van der Waals surface area contributed by atoms with Crippen LogP contribution in [0.5, 0.6) is 11.5 Å². The van der Waals surface area contributed by atoms with Crippen LogP contribution in [-0.4, -0.2) is 37.7 Å². The van der Waals surface area contributed by atoms with Crippen LogP contribution in [0.4, 0.5) is 0 Å². The van der Waals surface area contributed by atoms with Gasteiger partial charge in [-0.05, 0) is 51.7 Å². The van der Waals surface area contributed by atoms with Crippen molar-refractivity contribution < 1.29 is 9.47 Å². The summed E-state index contributed by atoms with van der Waals surface area (Å²) in [6.45, 7) is 5.61. The molecule has 0 amide bonds. The lowest BCUT2D eigenvalue weighted by Crippen LogP contribution is -2.38. The lowest BCUT2D eigenvalue weighted by molar-refractivity contribution is 0.207. The van der Waals surface area contributed by atoms with E-state index < -0.39 is 0 Å². The van der Waals surface area contributed by atoms with Gasteiger partial charge in [0.2, 0.25) is 0 Å². The molecule has 8 heteroatoms. The third-order valence-electron chi connectivity index (χ3n) is 5.24. The molecule has 3 rings (SSSR count). The molecule has 30 heavy (non-hydrogen) atoms. The highest BCUT2D eigenvalue weighted by Crippen LogP contribution is 2.30. The minimum atomic E-state index is 0. The fraction of sp³-hybridized carbons (Fsp3) is 0.545. The predicted molar refractivity (Wildman–Crippen MR) is 135 cm³/mol. The molecule has 166 valence electrons. The molecular weight excluding hydrogens is 511 g/mol. The number of aliphatic imine (C=N–C) groups is 1. The molecule has 0 saturated heterocycles. The Morgan fingerprint density at radius 1 is 1.23 bits per heavy atom. The van der Waals surface area contributed by atoms with Crippen LogP contribution in [-0.2, 0) is 13.0 Å². The molecule has 1 heterocycles. The lowest BCUT2D eigenvalue weighted by atomic mass is 10.2. The monoisotopic (exact) mass is 544 g/mol. The number of ether oxygens (including phenoxy) is 2. The normalized spacial score (nSPS) is 14.3. The first-order chi connectivity index (χ1) is 14.1. The average Bonchev–Trinajstić information content (AvgIpc) is 3.34. The SMILES string of the molecule is CN=C(NCCc1nc(C)c(C)s1)NCc1ccc(OC)cc1OC1CCCC1.I. The van der Waals surface area contributed by atoms with Crippen LogP contribution in [0, 0.1) is 13.8 Å². The number of hydrogen-bond acceptors (Lipinski definition) is 5. The van der Waals surface area contributed by atoms with Gasteiger partial charge in [0.05, 0.1) is 23.9 Å². The van der Waals surface area contributed by atoms with Gasteiger partial charge in [-0.15, -0.1) is 35.3 Å². The molecule has 0 unspecified atom stereocenters. The number of guanidine groups is 1. The van der Waals surface area contributed by atoms with Gasteiger partial charge in [-0.25, -0.2) is 4.98 Å². The third kappa shape index (κ3) is 7.01. The van der Waals surface area contributed by atoms with E-state index in [4.69, 9.17) is 9.47 Å². The summed E-state index contributed by atoms with van der Waals surface area (Å²) < 4.78 is 11.7. The van der Waals surface area contributed by atoms with Crippen molar-refractivity contribution in [3.63, 3.8) is 0 Å². The van der Waals surface area contributed by atoms with Crippen LogP contribution in [0.1, 0.15) is 46.8 Å². The van der Waals surface area contributed by atoms with Crippen molar-refractivity contribution in [2.24, 2.45) is 4.99 Å². The van der Waals surface area contributed by atoms with Gasteiger partial charge < -0.3 is 20.1 Å². The number of aryl methyl sites for hydroxylation is 2. The fourth-order valence-corrected chi connectivity index (χ4v) is 4.37. The second-order valence-corrected chi connectivity index (χ2v) is 8.64. The van der Waals surface area contributed by atoms with Crippen molar-refractivity contribution in [2.45, 2.75) is 58.6 Å². The Balaban J connectivity index is 0.00000320. The number of methoxy groups -OCH3 is 1. The van der Waals surface area contributed by atoms with Gasteiger partial charge in [0, 0.05) is 43.1 Å². The van der Waals surface area contributed by atoms with Crippen molar-refractivity contribution in [3.8, 4) is 11.5 Å². The van der Waals surface area contributed by atoms with E-state index in [0.29, 0.717) is 12.6 Å². The number of hydrogen-bond donors (Lipinski definition) is 2. The molecule has 0 bridgehead atoms. The van der Waals surface area contributed by atoms with E-state index in [2.05, 4.69) is 40.5 Å². The Hall–Kier alpha value is -1.55. The standard InChI is InChI=1S/C22H32N4O2S.HI/c1-15-16(2)29-21(26-15)11-12-24-22(23-3)25-14-17-9-10-19(27-4)13-20(17)28-18-7-5-6-8-18;/h9-10,13,18H,5-8,11-12,14H2,1-4H3,(H2,23,24,25);1H. The van der Waals surface area contributed by atoms with Crippen molar-refractivity contribution in [1.29, 1.82) is 0 Å². The van der Waals surface area contributed by atoms with Crippen molar-refractivity contribution in [3.05, 3.63) is 39.3 Å². The Morgan fingerprint density at radius 2 is 2.00 bits per heavy atom. The zero-order chi connectivity index (χ0) is 20.6. The molecule has 0 aliphatic heterocycles. The predicted octanol–water partition coefficient (Wildman–Crippen LogP) is 4.62. The topological polar surface area (TPSA) is 67.8 Å². The summed E-state index contributed by atoms with van der Waals surface area (Å²) in [5.41, 5.74) is 2.23. The highest BCUT2D eigenvalue weighted by Gasteiger charge is 2.18. The third-order valence-corrected chi connectivity index (χ3v) is 6.38.